The highest BCUT2D eigenvalue weighted by atomic mass is 79.9. The van der Waals surface area contributed by atoms with E-state index in [1.165, 1.54) is 11.1 Å². The molecule has 1 atom stereocenters. The van der Waals surface area contributed by atoms with E-state index in [-0.39, 0.29) is 6.42 Å². The van der Waals surface area contributed by atoms with Gasteiger partial charge in [0.2, 0.25) is 0 Å². The van der Waals surface area contributed by atoms with Crippen LogP contribution < -0.4 is 10.1 Å². The van der Waals surface area contributed by atoms with Crippen molar-refractivity contribution in [3.05, 3.63) is 136 Å². The van der Waals surface area contributed by atoms with Crippen LogP contribution in [0, 0.1) is 0 Å². The van der Waals surface area contributed by atoms with Crippen LogP contribution in [0.25, 0.3) is 0 Å². The maximum Gasteiger partial charge on any atom is 0.326 e. The number of hydrogen-bond donors (Lipinski definition) is 2. The molecular formula is C32H31BrN2O4. The van der Waals surface area contributed by atoms with Crippen molar-refractivity contribution >= 4 is 27.8 Å². The van der Waals surface area contributed by atoms with E-state index in [4.69, 9.17) is 4.74 Å². The number of aliphatic carboxylic acids is 1. The first-order valence-electron chi connectivity index (χ1n) is 12.8. The van der Waals surface area contributed by atoms with Gasteiger partial charge in [0.05, 0.1) is 0 Å². The molecule has 1 unspecified atom stereocenters. The first-order chi connectivity index (χ1) is 19.0. The summed E-state index contributed by atoms with van der Waals surface area (Å²) in [5, 5.41) is 12.3. The van der Waals surface area contributed by atoms with E-state index in [2.05, 4.69) is 50.4 Å². The molecule has 39 heavy (non-hydrogen) atoms. The van der Waals surface area contributed by atoms with E-state index < -0.39 is 17.9 Å². The number of nitrogens with zero attached hydrogens (tertiary/aromatic N) is 1. The lowest BCUT2D eigenvalue weighted by molar-refractivity contribution is -0.139. The van der Waals surface area contributed by atoms with Gasteiger partial charge in [0.15, 0.2) is 0 Å². The molecule has 0 aliphatic carbocycles. The summed E-state index contributed by atoms with van der Waals surface area (Å²) in [4.78, 5) is 27.0. The SMILES string of the molecule is O=C(NC(Cc1ccc(Br)cc1)C(=O)O)c1cccc(OCCN(Cc2ccccc2)Cc2ccccc2)c1. The number of carboxylic acid groups (broad SMARTS) is 1. The number of halogens is 1. The molecular weight excluding hydrogens is 556 g/mol. The Kier molecular flexibility index (Phi) is 10.3. The van der Waals surface area contributed by atoms with E-state index in [0.29, 0.717) is 24.5 Å². The van der Waals surface area contributed by atoms with Gasteiger partial charge in [0.1, 0.15) is 18.4 Å². The summed E-state index contributed by atoms with van der Waals surface area (Å²) < 4.78 is 6.92. The molecule has 2 N–H and O–H groups in total. The van der Waals surface area contributed by atoms with Crippen LogP contribution in [0.3, 0.4) is 0 Å². The molecule has 0 fully saturated rings. The minimum Gasteiger partial charge on any atom is -0.492 e. The van der Waals surface area contributed by atoms with Crippen molar-refractivity contribution in [3.63, 3.8) is 0 Å². The van der Waals surface area contributed by atoms with Gasteiger partial charge in [0.25, 0.3) is 5.91 Å². The topological polar surface area (TPSA) is 78.9 Å². The van der Waals surface area contributed by atoms with Gasteiger partial charge in [-0.1, -0.05) is 94.8 Å². The van der Waals surface area contributed by atoms with Crippen LogP contribution >= 0.6 is 15.9 Å². The van der Waals surface area contributed by atoms with Crippen molar-refractivity contribution < 1.29 is 19.4 Å². The van der Waals surface area contributed by atoms with Crippen LogP contribution in [-0.4, -0.2) is 41.1 Å². The summed E-state index contributed by atoms with van der Waals surface area (Å²) in [5.41, 5.74) is 3.62. The van der Waals surface area contributed by atoms with Crippen LogP contribution in [0.15, 0.2) is 114 Å². The van der Waals surface area contributed by atoms with Crippen LogP contribution in [0.5, 0.6) is 5.75 Å². The molecule has 0 saturated carbocycles. The third-order valence-electron chi connectivity index (χ3n) is 6.23. The summed E-state index contributed by atoms with van der Waals surface area (Å²) in [7, 11) is 0. The zero-order valence-corrected chi connectivity index (χ0v) is 23.1. The molecule has 1 amide bonds. The van der Waals surface area contributed by atoms with Gasteiger partial charge < -0.3 is 15.2 Å². The highest BCUT2D eigenvalue weighted by Gasteiger charge is 2.21. The standard InChI is InChI=1S/C32H31BrN2O4/c33-28-16-14-24(15-17-28)20-30(32(37)38)34-31(36)27-12-7-13-29(21-27)39-19-18-35(22-25-8-3-1-4-9-25)23-26-10-5-2-6-11-26/h1-17,21,30H,18-20,22-23H2,(H,34,36)(H,37,38). The predicted octanol–water partition coefficient (Wildman–Crippen LogP) is 5.96. The first kappa shape index (κ1) is 28.1. The second-order valence-corrected chi connectivity index (χ2v) is 10.2. The Morgan fingerprint density at radius 2 is 1.41 bits per heavy atom. The van der Waals surface area contributed by atoms with Gasteiger partial charge in [-0.25, -0.2) is 4.79 Å². The molecule has 7 heteroatoms. The minimum atomic E-state index is -1.09. The Labute approximate surface area is 237 Å². The number of nitrogens with one attached hydrogen (secondary N) is 1. The third kappa shape index (κ3) is 9.09. The zero-order chi connectivity index (χ0) is 27.5. The molecule has 200 valence electrons. The summed E-state index contributed by atoms with van der Waals surface area (Å²) in [6.45, 7) is 2.70. The Bertz CT molecular complexity index is 1310. The van der Waals surface area contributed by atoms with Crippen molar-refractivity contribution in [3.8, 4) is 5.75 Å². The van der Waals surface area contributed by atoms with Crippen molar-refractivity contribution in [2.24, 2.45) is 0 Å². The highest BCUT2D eigenvalue weighted by Crippen LogP contribution is 2.16. The highest BCUT2D eigenvalue weighted by molar-refractivity contribution is 9.10. The van der Waals surface area contributed by atoms with Crippen molar-refractivity contribution in [2.45, 2.75) is 25.6 Å². The molecule has 0 aromatic heterocycles. The Hall–Kier alpha value is -3.94. The second-order valence-electron chi connectivity index (χ2n) is 9.25. The first-order valence-corrected chi connectivity index (χ1v) is 13.6. The fourth-order valence-electron chi connectivity index (χ4n) is 4.21. The quantitative estimate of drug-likeness (QED) is 0.202. The molecule has 4 aromatic carbocycles. The van der Waals surface area contributed by atoms with Gasteiger partial charge in [-0.15, -0.1) is 0 Å². The number of rotatable bonds is 13. The number of carbonyl (C=O) groups is 2. The molecule has 0 aliphatic heterocycles. The lowest BCUT2D eigenvalue weighted by Crippen LogP contribution is -2.42. The van der Waals surface area contributed by atoms with E-state index in [9.17, 15) is 14.7 Å². The maximum absolute atomic E-state index is 12.9. The Morgan fingerprint density at radius 1 is 0.795 bits per heavy atom. The number of carboxylic acids is 1. The molecule has 4 rings (SSSR count). The number of amides is 1. The summed E-state index contributed by atoms with van der Waals surface area (Å²) in [6, 6.07) is 33.8. The van der Waals surface area contributed by atoms with Gasteiger partial charge >= 0.3 is 5.97 Å². The van der Waals surface area contributed by atoms with E-state index in [0.717, 1.165) is 23.1 Å². The number of ether oxygens (including phenoxy) is 1. The smallest absolute Gasteiger partial charge is 0.326 e. The molecule has 0 radical (unpaired) electrons. The van der Waals surface area contributed by atoms with Crippen LogP contribution in [0.4, 0.5) is 0 Å². The zero-order valence-electron chi connectivity index (χ0n) is 21.5. The lowest BCUT2D eigenvalue weighted by Gasteiger charge is -2.23. The number of hydrogen-bond acceptors (Lipinski definition) is 4. The van der Waals surface area contributed by atoms with Crippen molar-refractivity contribution in [1.29, 1.82) is 0 Å². The predicted molar refractivity (Wildman–Crippen MR) is 156 cm³/mol. The van der Waals surface area contributed by atoms with E-state index in [1.54, 1.807) is 24.3 Å². The van der Waals surface area contributed by atoms with Gasteiger partial charge in [-0.05, 0) is 47.0 Å². The second kappa shape index (κ2) is 14.3. The van der Waals surface area contributed by atoms with Gasteiger partial charge in [-0.3, -0.25) is 9.69 Å². The largest absolute Gasteiger partial charge is 0.492 e. The van der Waals surface area contributed by atoms with Crippen LogP contribution in [0.2, 0.25) is 0 Å². The van der Waals surface area contributed by atoms with Crippen molar-refractivity contribution in [2.75, 3.05) is 13.2 Å². The third-order valence-corrected chi connectivity index (χ3v) is 6.76. The van der Waals surface area contributed by atoms with Crippen LogP contribution in [0.1, 0.15) is 27.0 Å². The minimum absolute atomic E-state index is 0.184. The van der Waals surface area contributed by atoms with E-state index >= 15 is 0 Å². The fourth-order valence-corrected chi connectivity index (χ4v) is 4.48. The molecule has 0 spiro atoms. The lowest BCUT2D eigenvalue weighted by atomic mass is 10.1. The molecule has 0 aliphatic rings. The molecule has 0 saturated heterocycles. The Balaban J connectivity index is 1.35. The maximum atomic E-state index is 12.9. The Morgan fingerprint density at radius 3 is 2.00 bits per heavy atom. The number of carbonyl (C=O) groups excluding carboxylic acids is 1. The summed E-state index contributed by atoms with van der Waals surface area (Å²) in [5.74, 6) is -0.989. The van der Waals surface area contributed by atoms with Crippen LogP contribution in [-0.2, 0) is 24.3 Å². The molecule has 0 heterocycles. The number of benzene rings is 4. The van der Waals surface area contributed by atoms with E-state index in [1.807, 2.05) is 60.7 Å². The monoisotopic (exact) mass is 586 g/mol. The molecule has 6 nitrogen and oxygen atoms in total. The van der Waals surface area contributed by atoms with Crippen molar-refractivity contribution in [1.82, 2.24) is 10.2 Å². The summed E-state index contributed by atoms with van der Waals surface area (Å²) >= 11 is 3.37. The molecule has 4 aromatic rings. The van der Waals surface area contributed by atoms with Gasteiger partial charge in [0, 0.05) is 36.1 Å². The normalized spacial score (nSPS) is 11.6. The molecule has 0 bridgehead atoms. The fraction of sp³-hybridized carbons (Fsp3) is 0.188. The average Bonchev–Trinajstić information content (AvgIpc) is 2.95. The summed E-state index contributed by atoms with van der Waals surface area (Å²) in [6.07, 6.45) is 0.184. The average molecular weight is 588 g/mol. The van der Waals surface area contributed by atoms with Gasteiger partial charge in [-0.2, -0.15) is 0 Å².